The van der Waals surface area contributed by atoms with Crippen molar-refractivity contribution in [3.8, 4) is 5.75 Å². The number of piperidine rings is 1. The number of aryl methyl sites for hydroxylation is 1. The van der Waals surface area contributed by atoms with Crippen LogP contribution in [0.25, 0.3) is 11.0 Å². The zero-order chi connectivity index (χ0) is 39.5. The topological polar surface area (TPSA) is 199 Å². The van der Waals surface area contributed by atoms with Crippen molar-refractivity contribution in [2.45, 2.75) is 96.6 Å². The molecular weight excluding hydrogens is 718 g/mol. The van der Waals surface area contributed by atoms with E-state index in [1.54, 1.807) is 54.1 Å². The van der Waals surface area contributed by atoms with Crippen molar-refractivity contribution in [3.63, 3.8) is 0 Å². The normalized spacial score (nSPS) is 17.0. The average molecular weight is 762 g/mol. The minimum absolute atomic E-state index is 0.0192. The number of carbonyl (C=O) groups excluding carboxylic acids is 6. The van der Waals surface area contributed by atoms with Gasteiger partial charge in [-0.3, -0.25) is 48.3 Å². The number of amides is 5. The quantitative estimate of drug-likeness (QED) is 0.0830. The molecule has 3 N–H and O–H groups in total. The summed E-state index contributed by atoms with van der Waals surface area (Å²) in [7, 11) is 0. The van der Waals surface area contributed by atoms with Crippen molar-refractivity contribution in [2.24, 2.45) is 0 Å². The molecule has 7 rings (SSSR count). The summed E-state index contributed by atoms with van der Waals surface area (Å²) in [5.74, 6) is -2.10. The van der Waals surface area contributed by atoms with E-state index >= 15 is 0 Å². The summed E-state index contributed by atoms with van der Waals surface area (Å²) in [6.45, 7) is 3.47. The van der Waals surface area contributed by atoms with Crippen molar-refractivity contribution < 1.29 is 33.5 Å². The molecule has 0 radical (unpaired) electrons. The van der Waals surface area contributed by atoms with Crippen LogP contribution in [0.3, 0.4) is 0 Å². The number of aromatic nitrogens is 3. The monoisotopic (exact) mass is 761 g/mol. The number of fused-ring (bicyclic) bond motifs is 2. The van der Waals surface area contributed by atoms with Gasteiger partial charge < -0.3 is 15.4 Å². The molecule has 2 aromatic carbocycles. The molecule has 1 unspecified atom stereocenters. The maximum atomic E-state index is 13.5. The number of imide groups is 2. The fraction of sp³-hybridized carbons (Fsp3) is 0.390. The van der Waals surface area contributed by atoms with Gasteiger partial charge in [0.05, 0.1) is 23.3 Å². The molecule has 15 nitrogen and oxygen atoms in total. The fourth-order valence-electron chi connectivity index (χ4n) is 7.83. The minimum atomic E-state index is -1.04. The number of hydrogen-bond acceptors (Lipinski definition) is 11. The van der Waals surface area contributed by atoms with Crippen LogP contribution in [-0.2, 0) is 14.4 Å². The number of nitrogens with one attached hydrogen (secondary N) is 3. The average Bonchev–Trinajstić information content (AvgIpc) is 3.78. The highest BCUT2D eigenvalue weighted by atomic mass is 16.5. The first-order chi connectivity index (χ1) is 27.0. The van der Waals surface area contributed by atoms with Gasteiger partial charge >= 0.3 is 0 Å². The molecule has 1 saturated carbocycles. The van der Waals surface area contributed by atoms with Crippen LogP contribution in [0.4, 0.5) is 17.3 Å². The molecule has 3 aliphatic rings. The largest absolute Gasteiger partial charge is 0.493 e. The number of benzene rings is 2. The van der Waals surface area contributed by atoms with Crippen LogP contribution in [0.5, 0.6) is 5.75 Å². The Morgan fingerprint density at radius 2 is 1.64 bits per heavy atom. The number of Topliss-reactive ketones (excluding diaryl/α,β-unsaturated/α-hetero) is 1. The lowest BCUT2D eigenvalue weighted by molar-refractivity contribution is -0.136. The van der Waals surface area contributed by atoms with E-state index < -0.39 is 29.7 Å². The highest BCUT2D eigenvalue weighted by Gasteiger charge is 2.46. The van der Waals surface area contributed by atoms with Crippen molar-refractivity contribution in [2.75, 3.05) is 17.2 Å². The van der Waals surface area contributed by atoms with E-state index in [0.717, 1.165) is 43.4 Å². The Balaban J connectivity index is 0.868. The fourth-order valence-corrected chi connectivity index (χ4v) is 7.83. The summed E-state index contributed by atoms with van der Waals surface area (Å²) >= 11 is 0. The van der Waals surface area contributed by atoms with Gasteiger partial charge in [0.25, 0.3) is 17.4 Å². The Morgan fingerprint density at radius 1 is 0.911 bits per heavy atom. The number of pyridine rings is 1. The van der Waals surface area contributed by atoms with Gasteiger partial charge in [0.1, 0.15) is 17.4 Å². The molecule has 1 saturated heterocycles. The number of nitrogens with zero attached hydrogens (tertiary/aromatic N) is 4. The van der Waals surface area contributed by atoms with E-state index in [0.29, 0.717) is 59.8 Å². The number of ketones is 1. The molecule has 1 aliphatic carbocycles. The molecule has 2 aliphatic heterocycles. The smallest absolute Gasteiger partial charge is 0.266 e. The van der Waals surface area contributed by atoms with Crippen LogP contribution in [0.15, 0.2) is 53.5 Å². The molecule has 4 heterocycles. The second kappa shape index (κ2) is 16.2. The molecule has 15 heteroatoms. The Labute approximate surface area is 322 Å². The highest BCUT2D eigenvalue weighted by molar-refractivity contribution is 6.24. The van der Waals surface area contributed by atoms with E-state index in [2.05, 4.69) is 20.9 Å². The lowest BCUT2D eigenvalue weighted by Crippen LogP contribution is -2.54. The van der Waals surface area contributed by atoms with Crippen LogP contribution >= 0.6 is 0 Å². The van der Waals surface area contributed by atoms with Gasteiger partial charge in [0, 0.05) is 41.8 Å². The predicted molar refractivity (Wildman–Crippen MR) is 206 cm³/mol. The summed E-state index contributed by atoms with van der Waals surface area (Å²) in [5.41, 5.74) is 2.59. The van der Waals surface area contributed by atoms with Crippen molar-refractivity contribution in [3.05, 3.63) is 81.3 Å². The first-order valence-corrected chi connectivity index (χ1v) is 19.1. The van der Waals surface area contributed by atoms with Crippen molar-refractivity contribution in [1.82, 2.24) is 24.8 Å². The van der Waals surface area contributed by atoms with E-state index in [4.69, 9.17) is 9.72 Å². The summed E-state index contributed by atoms with van der Waals surface area (Å²) in [6, 6.07) is 10.9. The first-order valence-electron chi connectivity index (χ1n) is 19.1. The maximum absolute atomic E-state index is 13.5. The lowest BCUT2D eigenvalue weighted by atomic mass is 10.0. The summed E-state index contributed by atoms with van der Waals surface area (Å²) in [4.78, 5) is 98.9. The summed E-state index contributed by atoms with van der Waals surface area (Å²) in [6.07, 6.45) is 8.74. The second-order valence-corrected chi connectivity index (χ2v) is 14.5. The number of unbranched alkanes of at least 4 members (excludes halogenated alkanes) is 3. The molecule has 2 aromatic heterocycles. The first kappa shape index (κ1) is 38.0. The zero-order valence-corrected chi connectivity index (χ0v) is 31.3. The zero-order valence-electron chi connectivity index (χ0n) is 31.3. The minimum Gasteiger partial charge on any atom is -0.493 e. The molecule has 4 aromatic rings. The standard InChI is InChI=1S/C41H43N7O8/c1-23-29-22-42-41(46-36(29)47(27-10-6-7-11-27)39(54)34(23)24(2)49)44-26-17-15-25(16-18-26)43-32(50)14-5-3-4-8-21-56-31-13-9-12-28-35(31)40(55)48(38(28)53)30-19-20-33(51)45-37(30)52/h9,12-13,15-18,22,27,30H,3-8,10-11,14,19-21H2,1-2H3,(H,43,50)(H,42,44,46)(H,45,51,52). The number of anilines is 3. The molecule has 5 amide bonds. The van der Waals surface area contributed by atoms with Crippen LogP contribution < -0.4 is 26.2 Å². The molecule has 56 heavy (non-hydrogen) atoms. The summed E-state index contributed by atoms with van der Waals surface area (Å²) < 4.78 is 7.57. The van der Waals surface area contributed by atoms with Crippen LogP contribution in [0.1, 0.15) is 120 Å². The SMILES string of the molecule is CC(=O)c1c(C)c2cnc(Nc3ccc(NC(=O)CCCCCCOc4cccc5c4C(=O)N(C4CCC(=O)NC4=O)C5=O)cc3)nc2n(C2CCCC2)c1=O. The van der Waals surface area contributed by atoms with Crippen LogP contribution in [0, 0.1) is 6.92 Å². The third kappa shape index (κ3) is 7.66. The lowest BCUT2D eigenvalue weighted by Gasteiger charge is -2.27. The Kier molecular flexibility index (Phi) is 11.0. The third-order valence-corrected chi connectivity index (χ3v) is 10.7. The molecular formula is C41H43N7O8. The van der Waals surface area contributed by atoms with E-state index in [-0.39, 0.29) is 58.6 Å². The van der Waals surface area contributed by atoms with E-state index in [9.17, 15) is 33.6 Å². The van der Waals surface area contributed by atoms with Crippen molar-refractivity contribution in [1.29, 1.82) is 0 Å². The Bertz CT molecular complexity index is 2310. The Hall–Kier alpha value is -6.25. The van der Waals surface area contributed by atoms with E-state index in [1.807, 2.05) is 0 Å². The number of hydrogen-bond donors (Lipinski definition) is 3. The van der Waals surface area contributed by atoms with Gasteiger partial charge in [-0.25, -0.2) is 4.98 Å². The highest BCUT2D eigenvalue weighted by Crippen LogP contribution is 2.34. The molecule has 0 spiro atoms. The van der Waals surface area contributed by atoms with Gasteiger partial charge in [-0.2, -0.15) is 4.98 Å². The molecule has 290 valence electrons. The number of rotatable bonds is 14. The van der Waals surface area contributed by atoms with Gasteiger partial charge in [0.15, 0.2) is 5.78 Å². The van der Waals surface area contributed by atoms with Crippen LogP contribution in [-0.4, -0.2) is 67.4 Å². The Morgan fingerprint density at radius 3 is 2.38 bits per heavy atom. The second-order valence-electron chi connectivity index (χ2n) is 14.5. The molecule has 2 fully saturated rings. The van der Waals surface area contributed by atoms with Crippen molar-refractivity contribution >= 4 is 63.7 Å². The third-order valence-electron chi connectivity index (χ3n) is 10.7. The van der Waals surface area contributed by atoms with Gasteiger partial charge in [-0.15, -0.1) is 0 Å². The molecule has 1 atom stereocenters. The maximum Gasteiger partial charge on any atom is 0.266 e. The number of ether oxygens (including phenoxy) is 1. The molecule has 0 bridgehead atoms. The number of carbonyl (C=O) groups is 6. The van der Waals surface area contributed by atoms with Crippen LogP contribution in [0.2, 0.25) is 0 Å². The van der Waals surface area contributed by atoms with Gasteiger partial charge in [0.2, 0.25) is 23.7 Å². The van der Waals surface area contributed by atoms with E-state index in [1.165, 1.54) is 13.0 Å². The van der Waals surface area contributed by atoms with Gasteiger partial charge in [-0.05, 0) is 87.9 Å². The predicted octanol–water partition coefficient (Wildman–Crippen LogP) is 5.53. The summed E-state index contributed by atoms with van der Waals surface area (Å²) in [5, 5.41) is 8.97. The van der Waals surface area contributed by atoms with Gasteiger partial charge in [-0.1, -0.05) is 31.7 Å².